The van der Waals surface area contributed by atoms with Gasteiger partial charge in [0.25, 0.3) is 0 Å². The number of fused-ring (bicyclic) bond motifs is 1. The zero-order valence-corrected chi connectivity index (χ0v) is 28.1. The predicted molar refractivity (Wildman–Crippen MR) is 190 cm³/mol. The molecule has 10 heteroatoms. The molecule has 1 saturated carbocycles. The normalized spacial score (nSPS) is 19.9. The molecule has 1 aromatic heterocycles. The summed E-state index contributed by atoms with van der Waals surface area (Å²) in [5.74, 6) is -0.157. The molecular weight excluding hydrogens is 610 g/mol. The Morgan fingerprint density at radius 3 is 2.58 bits per heavy atom. The van der Waals surface area contributed by atoms with E-state index in [1.54, 1.807) is 24.3 Å². The Bertz CT molecular complexity index is 1450. The largest absolute Gasteiger partial charge is 0.508 e. The van der Waals surface area contributed by atoms with Crippen molar-refractivity contribution in [1.82, 2.24) is 10.3 Å². The summed E-state index contributed by atoms with van der Waals surface area (Å²) in [6.45, 7) is 3.22. The molecule has 1 fully saturated rings. The number of phenols is 3. The molecule has 4 rings (SSSR count). The number of phenolic OH excluding ortho intramolecular Hbond substituents is 3. The molecule has 2 aromatic carbocycles. The predicted octanol–water partition coefficient (Wildman–Crippen LogP) is 5.10. The van der Waals surface area contributed by atoms with Crippen molar-refractivity contribution in [2.24, 2.45) is 17.6 Å². The Hall–Kier alpha value is -3.83. The standard InChI is InChI=1S/C30H44N2O5.C8H11NO2/c1-2-3-6-9-22(33)12-14-25-24(28(35)19-29(25)36)10-7-4-5-8-11-30(37)31-17-16-21-20-32-27-15-13-23(34)18-26(21)27;9-4-3-6-1-2-7(10)8(11)5-6/h4,7,12-15,18,20,22,24-25,28-29,32-36H,2-3,5-6,8-11,16-17,19H2,1H3,(H,31,37);1-2,5,10-11H,3-4,9H2/b7-4-,14-12+;/t22-,24+,25+,28-,29+;/m0./s1. The van der Waals surface area contributed by atoms with Crippen molar-refractivity contribution in [2.75, 3.05) is 13.1 Å². The summed E-state index contributed by atoms with van der Waals surface area (Å²) in [6.07, 6.45) is 16.3. The van der Waals surface area contributed by atoms with Crippen molar-refractivity contribution >= 4 is 16.8 Å². The molecule has 0 saturated heterocycles. The number of hydrogen-bond donors (Lipinski definition) is 9. The fraction of sp³-hybridized carbons (Fsp3) is 0.500. The number of H-pyrrole nitrogens is 1. The highest BCUT2D eigenvalue weighted by molar-refractivity contribution is 5.84. The van der Waals surface area contributed by atoms with E-state index in [-0.39, 0.29) is 35.0 Å². The van der Waals surface area contributed by atoms with E-state index in [1.807, 2.05) is 30.5 Å². The Morgan fingerprint density at radius 1 is 1.02 bits per heavy atom. The second kappa shape index (κ2) is 20.5. The van der Waals surface area contributed by atoms with Gasteiger partial charge >= 0.3 is 0 Å². The maximum atomic E-state index is 12.2. The summed E-state index contributed by atoms with van der Waals surface area (Å²) in [5.41, 5.74) is 8.27. The van der Waals surface area contributed by atoms with Gasteiger partial charge in [0.1, 0.15) is 5.75 Å². The molecule has 0 radical (unpaired) electrons. The number of aromatic hydroxyl groups is 3. The third kappa shape index (κ3) is 12.6. The lowest BCUT2D eigenvalue weighted by Crippen LogP contribution is -2.25. The highest BCUT2D eigenvalue weighted by Gasteiger charge is 2.39. The van der Waals surface area contributed by atoms with Crippen LogP contribution in [0.1, 0.15) is 75.8 Å². The van der Waals surface area contributed by atoms with Crippen LogP contribution in [-0.2, 0) is 17.6 Å². The number of aromatic nitrogens is 1. The smallest absolute Gasteiger partial charge is 0.220 e. The number of nitrogens with two attached hydrogens (primary N) is 1. The summed E-state index contributed by atoms with van der Waals surface area (Å²) in [6, 6.07) is 9.93. The average molecular weight is 666 g/mol. The number of unbranched alkanes of at least 4 members (excludes halogenated alkanes) is 3. The molecule has 3 aromatic rings. The molecule has 1 heterocycles. The quantitative estimate of drug-likeness (QED) is 0.0540. The van der Waals surface area contributed by atoms with E-state index in [1.165, 1.54) is 12.1 Å². The first kappa shape index (κ1) is 38.6. The molecule has 0 unspecified atom stereocenters. The van der Waals surface area contributed by atoms with E-state index in [9.17, 15) is 25.2 Å². The topological polar surface area (TPSA) is 192 Å². The first-order chi connectivity index (χ1) is 23.1. The zero-order chi connectivity index (χ0) is 34.9. The number of carbonyl (C=O) groups is 1. The number of aliphatic hydroxyl groups excluding tert-OH is 3. The monoisotopic (exact) mass is 665 g/mol. The molecule has 264 valence electrons. The number of nitrogens with one attached hydrogen (secondary N) is 2. The summed E-state index contributed by atoms with van der Waals surface area (Å²) < 4.78 is 0. The van der Waals surface area contributed by atoms with Crippen LogP contribution < -0.4 is 11.1 Å². The molecule has 1 aliphatic rings. The van der Waals surface area contributed by atoms with E-state index >= 15 is 0 Å². The molecule has 10 N–H and O–H groups in total. The third-order valence-corrected chi connectivity index (χ3v) is 8.86. The van der Waals surface area contributed by atoms with Gasteiger partial charge < -0.3 is 46.7 Å². The van der Waals surface area contributed by atoms with Gasteiger partial charge in [0.2, 0.25) is 5.91 Å². The van der Waals surface area contributed by atoms with Crippen LogP contribution in [0.3, 0.4) is 0 Å². The summed E-state index contributed by atoms with van der Waals surface area (Å²) >= 11 is 0. The van der Waals surface area contributed by atoms with Gasteiger partial charge in [-0.1, -0.05) is 56.6 Å². The maximum absolute atomic E-state index is 12.2. The first-order valence-electron chi connectivity index (χ1n) is 17.3. The van der Waals surface area contributed by atoms with Gasteiger partial charge in [-0.25, -0.2) is 0 Å². The minimum Gasteiger partial charge on any atom is -0.508 e. The van der Waals surface area contributed by atoms with Gasteiger partial charge in [0.15, 0.2) is 11.5 Å². The lowest BCUT2D eigenvalue weighted by atomic mass is 9.89. The number of amides is 1. The van der Waals surface area contributed by atoms with Crippen molar-refractivity contribution in [2.45, 2.75) is 95.9 Å². The number of allylic oxidation sites excluding steroid dienone is 2. The van der Waals surface area contributed by atoms with Gasteiger partial charge in [-0.3, -0.25) is 4.79 Å². The van der Waals surface area contributed by atoms with Crippen molar-refractivity contribution in [3.63, 3.8) is 0 Å². The molecule has 0 bridgehead atoms. The van der Waals surface area contributed by atoms with Crippen molar-refractivity contribution in [1.29, 1.82) is 0 Å². The molecule has 1 amide bonds. The Kier molecular flexibility index (Phi) is 16.5. The summed E-state index contributed by atoms with van der Waals surface area (Å²) in [4.78, 5) is 15.4. The van der Waals surface area contributed by atoms with Gasteiger partial charge in [-0.2, -0.15) is 0 Å². The average Bonchev–Trinajstić information content (AvgIpc) is 3.58. The van der Waals surface area contributed by atoms with Crippen LogP contribution in [-0.4, -0.2) is 72.9 Å². The van der Waals surface area contributed by atoms with Gasteiger partial charge in [0.05, 0.1) is 18.3 Å². The van der Waals surface area contributed by atoms with E-state index in [0.717, 1.165) is 60.6 Å². The van der Waals surface area contributed by atoms with Crippen LogP contribution in [0.25, 0.3) is 10.9 Å². The van der Waals surface area contributed by atoms with E-state index in [2.05, 4.69) is 17.2 Å². The van der Waals surface area contributed by atoms with Crippen LogP contribution in [0.4, 0.5) is 0 Å². The summed E-state index contributed by atoms with van der Waals surface area (Å²) in [7, 11) is 0. The fourth-order valence-corrected chi connectivity index (χ4v) is 6.10. The van der Waals surface area contributed by atoms with Crippen LogP contribution >= 0.6 is 0 Å². The van der Waals surface area contributed by atoms with Gasteiger partial charge in [0, 0.05) is 42.4 Å². The molecule has 1 aliphatic carbocycles. The van der Waals surface area contributed by atoms with E-state index in [4.69, 9.17) is 15.9 Å². The third-order valence-electron chi connectivity index (χ3n) is 8.86. The van der Waals surface area contributed by atoms with Crippen LogP contribution in [0.2, 0.25) is 0 Å². The maximum Gasteiger partial charge on any atom is 0.220 e. The second-order valence-corrected chi connectivity index (χ2v) is 12.7. The first-order valence-corrected chi connectivity index (χ1v) is 17.3. The number of aliphatic hydroxyl groups is 3. The second-order valence-electron chi connectivity index (χ2n) is 12.7. The molecule has 10 nitrogen and oxygen atoms in total. The number of benzene rings is 2. The minimum absolute atomic E-state index is 0.0214. The van der Waals surface area contributed by atoms with Crippen LogP contribution in [0, 0.1) is 11.8 Å². The van der Waals surface area contributed by atoms with E-state index < -0.39 is 18.3 Å². The van der Waals surface area contributed by atoms with Crippen molar-refractivity contribution in [3.8, 4) is 17.2 Å². The van der Waals surface area contributed by atoms with Crippen LogP contribution in [0.15, 0.2) is 66.9 Å². The number of hydrogen-bond acceptors (Lipinski definition) is 8. The molecule has 0 aliphatic heterocycles. The number of rotatable bonds is 17. The molecular formula is C38H55N3O7. The van der Waals surface area contributed by atoms with Gasteiger partial charge in [-0.05, 0) is 92.4 Å². The molecule has 0 spiro atoms. The minimum atomic E-state index is -0.592. The Morgan fingerprint density at radius 2 is 1.83 bits per heavy atom. The lowest BCUT2D eigenvalue weighted by Gasteiger charge is -2.19. The SMILES string of the molecule is CCCCC[C@H](O)/C=C/[C@@H]1[C@@H](C/C=C\CCCC(=O)NCCc2c[nH]c3ccc(O)cc23)[C@@H](O)C[C@H]1O.NCCc1ccc(O)c(O)c1. The van der Waals surface area contributed by atoms with E-state index in [0.29, 0.717) is 45.2 Å². The van der Waals surface area contributed by atoms with Gasteiger partial charge in [-0.15, -0.1) is 0 Å². The zero-order valence-electron chi connectivity index (χ0n) is 28.1. The van der Waals surface area contributed by atoms with Crippen LogP contribution in [0.5, 0.6) is 17.2 Å². The van der Waals surface area contributed by atoms with Crippen molar-refractivity contribution in [3.05, 3.63) is 78.0 Å². The Labute approximate surface area is 284 Å². The highest BCUT2D eigenvalue weighted by Crippen LogP contribution is 2.36. The Balaban J connectivity index is 0.000000480. The number of carbonyl (C=O) groups excluding carboxylic acids is 1. The number of aromatic amines is 1. The lowest BCUT2D eigenvalue weighted by molar-refractivity contribution is -0.121. The molecule has 48 heavy (non-hydrogen) atoms. The fourth-order valence-electron chi connectivity index (χ4n) is 6.10. The molecule has 5 atom stereocenters. The highest BCUT2D eigenvalue weighted by atomic mass is 16.3. The van der Waals surface area contributed by atoms with Crippen molar-refractivity contribution < 1.29 is 35.4 Å². The summed E-state index contributed by atoms with van der Waals surface area (Å²) in [5, 5.41) is 62.5.